The van der Waals surface area contributed by atoms with Crippen LogP contribution in [0.5, 0.6) is 11.5 Å². The Hall–Kier alpha value is -2.91. The van der Waals surface area contributed by atoms with Gasteiger partial charge in [-0.15, -0.1) is 0 Å². The number of ether oxygens (including phenoxy) is 2. The van der Waals surface area contributed by atoms with Gasteiger partial charge in [0.1, 0.15) is 5.82 Å². The minimum Gasteiger partial charge on any atom is -0.454 e. The lowest BCUT2D eigenvalue weighted by atomic mass is 10.1. The molecule has 9 nitrogen and oxygen atoms in total. The Kier molecular flexibility index (Phi) is 4.02. The largest absolute Gasteiger partial charge is 0.454 e. The number of fused-ring (bicyclic) bond motifs is 1. The molecule has 0 bridgehead atoms. The van der Waals surface area contributed by atoms with E-state index in [0.29, 0.717) is 24.0 Å². The van der Waals surface area contributed by atoms with Crippen LogP contribution in [0, 0.1) is 0 Å². The first kappa shape index (κ1) is 16.3. The third-order valence-electron chi connectivity index (χ3n) is 4.95. The predicted octanol–water partition coefficient (Wildman–Crippen LogP) is 1.35. The van der Waals surface area contributed by atoms with E-state index in [4.69, 9.17) is 14.0 Å². The van der Waals surface area contributed by atoms with Gasteiger partial charge in [0.25, 0.3) is 0 Å². The summed E-state index contributed by atoms with van der Waals surface area (Å²) in [5, 5.41) is 7.57. The van der Waals surface area contributed by atoms with Gasteiger partial charge in [-0.2, -0.15) is 4.98 Å². The minimum absolute atomic E-state index is 0.166. The Morgan fingerprint density at radius 1 is 1.26 bits per heavy atom. The monoisotopic (exact) mass is 368 g/mol. The quantitative estimate of drug-likeness (QED) is 0.738. The maximum atomic E-state index is 5.51. The summed E-state index contributed by atoms with van der Waals surface area (Å²) in [6.45, 7) is 3.47. The number of rotatable bonds is 4. The van der Waals surface area contributed by atoms with Crippen LogP contribution in [0.1, 0.15) is 17.8 Å². The Morgan fingerprint density at radius 2 is 2.19 bits per heavy atom. The molecule has 0 radical (unpaired) electrons. The molecule has 2 aromatic heterocycles. The molecule has 1 N–H and O–H groups in total. The fourth-order valence-electron chi connectivity index (χ4n) is 3.53. The first-order valence-electron chi connectivity index (χ1n) is 8.92. The summed E-state index contributed by atoms with van der Waals surface area (Å²) in [5.41, 5.74) is 0.843. The Bertz CT molecular complexity index is 952. The molecule has 140 valence electrons. The van der Waals surface area contributed by atoms with Gasteiger partial charge in [0, 0.05) is 44.6 Å². The van der Waals surface area contributed by atoms with Crippen LogP contribution in [-0.2, 0) is 13.6 Å². The second-order valence-electron chi connectivity index (χ2n) is 6.67. The molecular formula is C18H20N6O3. The molecule has 0 amide bonds. The number of aromatic nitrogens is 4. The number of imidazole rings is 1. The van der Waals surface area contributed by atoms with Crippen LogP contribution < -0.4 is 14.8 Å². The van der Waals surface area contributed by atoms with Crippen LogP contribution in [0.4, 0.5) is 0 Å². The van der Waals surface area contributed by atoms with Gasteiger partial charge in [0.15, 0.2) is 11.5 Å². The summed E-state index contributed by atoms with van der Waals surface area (Å²) >= 11 is 0. The van der Waals surface area contributed by atoms with Gasteiger partial charge in [-0.1, -0.05) is 5.16 Å². The molecule has 1 aromatic carbocycles. The fourth-order valence-corrected chi connectivity index (χ4v) is 3.53. The molecule has 1 saturated heterocycles. The second-order valence-corrected chi connectivity index (χ2v) is 6.67. The van der Waals surface area contributed by atoms with Gasteiger partial charge >= 0.3 is 0 Å². The number of nitrogens with zero attached hydrogens (tertiary/aromatic N) is 5. The minimum atomic E-state index is 0.166. The summed E-state index contributed by atoms with van der Waals surface area (Å²) < 4.78 is 18.3. The van der Waals surface area contributed by atoms with Crippen molar-refractivity contribution in [3.63, 3.8) is 0 Å². The van der Waals surface area contributed by atoms with Crippen molar-refractivity contribution in [3.8, 4) is 22.9 Å². The number of aryl methyl sites for hydroxylation is 1. The lowest BCUT2D eigenvalue weighted by molar-refractivity contribution is 0.128. The maximum absolute atomic E-state index is 5.51. The van der Waals surface area contributed by atoms with E-state index in [1.165, 1.54) is 0 Å². The molecule has 1 fully saturated rings. The standard InChI is InChI=1S/C18H20N6O3/c1-23-6-5-20-18(23)13-9-19-4-7-24(13)10-16-21-17(22-27-16)12-2-3-14-15(8-12)26-11-25-14/h2-3,5-6,8,13,19H,4,7,9-11H2,1H3. The zero-order valence-corrected chi connectivity index (χ0v) is 15.0. The molecule has 5 rings (SSSR count). The highest BCUT2D eigenvalue weighted by molar-refractivity contribution is 5.61. The molecule has 1 atom stereocenters. The summed E-state index contributed by atoms with van der Waals surface area (Å²) in [4.78, 5) is 11.4. The van der Waals surface area contributed by atoms with E-state index in [1.807, 2.05) is 37.6 Å². The van der Waals surface area contributed by atoms with E-state index in [0.717, 1.165) is 36.8 Å². The highest BCUT2D eigenvalue weighted by atomic mass is 16.7. The zero-order chi connectivity index (χ0) is 18.2. The van der Waals surface area contributed by atoms with Gasteiger partial charge in [-0.25, -0.2) is 4.98 Å². The molecule has 0 spiro atoms. The summed E-state index contributed by atoms with van der Waals surface area (Å²) in [5.74, 6) is 3.60. The van der Waals surface area contributed by atoms with Crippen molar-refractivity contribution in [3.05, 3.63) is 42.3 Å². The fraction of sp³-hybridized carbons (Fsp3) is 0.389. The second kappa shape index (κ2) is 6.67. The van der Waals surface area contributed by atoms with Crippen LogP contribution in [-0.4, -0.2) is 51.0 Å². The SMILES string of the molecule is Cn1ccnc1C1CNCCN1Cc1nc(-c2ccc3c(c2)OCO3)no1. The van der Waals surface area contributed by atoms with Crippen molar-refractivity contribution in [2.45, 2.75) is 12.6 Å². The first-order chi connectivity index (χ1) is 13.3. The summed E-state index contributed by atoms with van der Waals surface area (Å²) in [6, 6.07) is 5.81. The van der Waals surface area contributed by atoms with Crippen molar-refractivity contribution in [2.75, 3.05) is 26.4 Å². The van der Waals surface area contributed by atoms with E-state index in [2.05, 4.69) is 29.9 Å². The van der Waals surface area contributed by atoms with E-state index in [9.17, 15) is 0 Å². The summed E-state index contributed by atoms with van der Waals surface area (Å²) in [6.07, 6.45) is 3.79. The van der Waals surface area contributed by atoms with E-state index < -0.39 is 0 Å². The van der Waals surface area contributed by atoms with Gasteiger partial charge < -0.3 is 23.9 Å². The lowest BCUT2D eigenvalue weighted by Crippen LogP contribution is -2.46. The number of piperazine rings is 1. The van der Waals surface area contributed by atoms with Crippen molar-refractivity contribution in [1.82, 2.24) is 29.9 Å². The molecule has 1 unspecified atom stereocenters. The number of hydrogen-bond donors (Lipinski definition) is 1. The molecule has 0 saturated carbocycles. The van der Waals surface area contributed by atoms with Gasteiger partial charge in [-0.05, 0) is 18.2 Å². The highest BCUT2D eigenvalue weighted by Crippen LogP contribution is 2.35. The zero-order valence-electron chi connectivity index (χ0n) is 15.0. The van der Waals surface area contributed by atoms with Crippen molar-refractivity contribution >= 4 is 0 Å². The van der Waals surface area contributed by atoms with Crippen LogP contribution in [0.3, 0.4) is 0 Å². The van der Waals surface area contributed by atoms with E-state index in [1.54, 1.807) is 0 Å². The Morgan fingerprint density at radius 3 is 3.07 bits per heavy atom. The molecule has 2 aliphatic heterocycles. The van der Waals surface area contributed by atoms with E-state index >= 15 is 0 Å². The highest BCUT2D eigenvalue weighted by Gasteiger charge is 2.28. The Labute approximate surface area is 155 Å². The smallest absolute Gasteiger partial charge is 0.241 e. The average molecular weight is 368 g/mol. The number of benzene rings is 1. The predicted molar refractivity (Wildman–Crippen MR) is 95.1 cm³/mol. The van der Waals surface area contributed by atoms with E-state index in [-0.39, 0.29) is 12.8 Å². The van der Waals surface area contributed by atoms with Crippen LogP contribution in [0.15, 0.2) is 35.1 Å². The topological polar surface area (TPSA) is 90.5 Å². The van der Waals surface area contributed by atoms with Crippen LogP contribution in [0.2, 0.25) is 0 Å². The van der Waals surface area contributed by atoms with Crippen LogP contribution >= 0.6 is 0 Å². The number of hydrogen-bond acceptors (Lipinski definition) is 8. The van der Waals surface area contributed by atoms with Crippen LogP contribution in [0.25, 0.3) is 11.4 Å². The third kappa shape index (κ3) is 3.04. The van der Waals surface area contributed by atoms with Gasteiger partial charge in [0.2, 0.25) is 18.5 Å². The summed E-state index contributed by atoms with van der Waals surface area (Å²) in [7, 11) is 2.01. The maximum Gasteiger partial charge on any atom is 0.241 e. The molecule has 9 heteroatoms. The molecular weight excluding hydrogens is 348 g/mol. The molecule has 0 aliphatic carbocycles. The van der Waals surface area contributed by atoms with Gasteiger partial charge in [-0.3, -0.25) is 4.90 Å². The normalized spacial score (nSPS) is 19.5. The lowest BCUT2D eigenvalue weighted by Gasteiger charge is -2.34. The molecule has 27 heavy (non-hydrogen) atoms. The molecule has 4 heterocycles. The van der Waals surface area contributed by atoms with Crippen molar-refractivity contribution in [2.24, 2.45) is 7.05 Å². The Balaban J connectivity index is 1.36. The number of nitrogens with one attached hydrogen (secondary N) is 1. The molecule has 2 aliphatic rings. The first-order valence-corrected chi connectivity index (χ1v) is 8.92. The third-order valence-corrected chi connectivity index (χ3v) is 4.95. The van der Waals surface area contributed by atoms with Gasteiger partial charge in [0.05, 0.1) is 12.6 Å². The van der Waals surface area contributed by atoms with Crippen molar-refractivity contribution in [1.29, 1.82) is 0 Å². The molecule has 3 aromatic rings. The van der Waals surface area contributed by atoms with Crippen molar-refractivity contribution < 1.29 is 14.0 Å². The average Bonchev–Trinajstić information content (AvgIpc) is 3.42.